The molecule has 4 N–H and O–H groups in total. The summed E-state index contributed by atoms with van der Waals surface area (Å²) in [5, 5.41) is 21.6. The molecule has 2 unspecified atom stereocenters. The molecular formula is C16H26N4O6. The van der Waals surface area contributed by atoms with Gasteiger partial charge in [-0.1, -0.05) is 13.8 Å². The first kappa shape index (κ1) is 21.4. The Labute approximate surface area is 151 Å². The van der Waals surface area contributed by atoms with Gasteiger partial charge < -0.3 is 30.2 Å². The van der Waals surface area contributed by atoms with Gasteiger partial charge in [0.15, 0.2) is 6.10 Å². The van der Waals surface area contributed by atoms with Gasteiger partial charge in [0.05, 0.1) is 25.6 Å². The Hall–Kier alpha value is -2.62. The number of esters is 1. The second-order valence-corrected chi connectivity index (χ2v) is 6.14. The minimum atomic E-state index is -1.49. The number of urea groups is 1. The number of aromatic nitrogens is 2. The summed E-state index contributed by atoms with van der Waals surface area (Å²) in [6.07, 6.45) is 1.12. The van der Waals surface area contributed by atoms with Crippen LogP contribution in [0.1, 0.15) is 39.1 Å². The Morgan fingerprint density at radius 1 is 1.35 bits per heavy atom. The Bertz CT molecular complexity index is 590. The van der Waals surface area contributed by atoms with Crippen LogP contribution in [-0.4, -0.2) is 68.9 Å². The number of carboxylic acids is 1. The second-order valence-electron chi connectivity index (χ2n) is 6.14. The summed E-state index contributed by atoms with van der Waals surface area (Å²) in [5.41, 5.74) is 0. The van der Waals surface area contributed by atoms with Crippen LogP contribution in [0.2, 0.25) is 0 Å². The molecular weight excluding hydrogens is 344 g/mol. The molecule has 0 radical (unpaired) electrons. The van der Waals surface area contributed by atoms with Gasteiger partial charge in [0.25, 0.3) is 0 Å². The molecule has 0 saturated carbocycles. The number of aliphatic carboxylic acids is 1. The minimum Gasteiger partial charge on any atom is -0.481 e. The predicted molar refractivity (Wildman–Crippen MR) is 91.2 cm³/mol. The third kappa shape index (κ3) is 7.09. The lowest BCUT2D eigenvalue weighted by atomic mass is 10.2. The number of carboxylic acid groups (broad SMARTS) is 1. The van der Waals surface area contributed by atoms with E-state index >= 15 is 0 Å². The van der Waals surface area contributed by atoms with Gasteiger partial charge in [-0.2, -0.15) is 0 Å². The van der Waals surface area contributed by atoms with E-state index in [0.717, 1.165) is 0 Å². The average molecular weight is 370 g/mol. The zero-order valence-corrected chi connectivity index (χ0v) is 15.1. The van der Waals surface area contributed by atoms with E-state index in [1.165, 1.54) is 17.3 Å². The lowest BCUT2D eigenvalue weighted by molar-refractivity contribution is -0.153. The summed E-state index contributed by atoms with van der Waals surface area (Å²) < 4.78 is 4.74. The quantitative estimate of drug-likeness (QED) is 0.439. The summed E-state index contributed by atoms with van der Waals surface area (Å²) in [6, 6.07) is -1.48. The maximum atomic E-state index is 12.6. The Morgan fingerprint density at radius 3 is 2.54 bits per heavy atom. The van der Waals surface area contributed by atoms with E-state index < -0.39 is 30.1 Å². The van der Waals surface area contributed by atoms with Crippen LogP contribution in [0.3, 0.4) is 0 Å². The predicted octanol–water partition coefficient (Wildman–Crippen LogP) is 0.517. The smallest absolute Gasteiger partial charge is 0.336 e. The number of ether oxygens (including phenoxy) is 1. The van der Waals surface area contributed by atoms with Crippen molar-refractivity contribution in [3.05, 3.63) is 18.2 Å². The number of nitrogens with zero attached hydrogens (tertiary/aromatic N) is 2. The number of H-pyrrole nitrogens is 1. The summed E-state index contributed by atoms with van der Waals surface area (Å²) >= 11 is 0. The van der Waals surface area contributed by atoms with Crippen molar-refractivity contribution in [3.8, 4) is 0 Å². The van der Waals surface area contributed by atoms with Crippen molar-refractivity contribution >= 4 is 18.0 Å². The topological polar surface area (TPSA) is 145 Å². The highest BCUT2D eigenvalue weighted by Gasteiger charge is 2.27. The molecule has 0 saturated heterocycles. The molecule has 0 bridgehead atoms. The molecule has 0 fully saturated rings. The van der Waals surface area contributed by atoms with E-state index in [9.17, 15) is 19.5 Å². The first-order valence-electron chi connectivity index (χ1n) is 8.35. The monoisotopic (exact) mass is 370 g/mol. The van der Waals surface area contributed by atoms with Crippen molar-refractivity contribution in [2.45, 2.75) is 39.3 Å². The molecule has 1 rings (SSSR count). The molecule has 0 aromatic carbocycles. The second kappa shape index (κ2) is 10.4. The summed E-state index contributed by atoms with van der Waals surface area (Å²) in [4.78, 5) is 43.3. The zero-order valence-electron chi connectivity index (χ0n) is 15.1. The molecule has 26 heavy (non-hydrogen) atoms. The number of aliphatic hydroxyl groups is 1. The highest BCUT2D eigenvalue weighted by Crippen LogP contribution is 2.13. The summed E-state index contributed by atoms with van der Waals surface area (Å²) in [7, 11) is 0. The molecule has 1 heterocycles. The van der Waals surface area contributed by atoms with Gasteiger partial charge in [0.2, 0.25) is 0 Å². The van der Waals surface area contributed by atoms with Crippen LogP contribution in [0.25, 0.3) is 0 Å². The van der Waals surface area contributed by atoms with E-state index in [2.05, 4.69) is 15.3 Å². The van der Waals surface area contributed by atoms with Crippen LogP contribution in [0.4, 0.5) is 4.79 Å². The van der Waals surface area contributed by atoms with E-state index in [1.54, 1.807) is 6.92 Å². The number of hydrogen-bond donors (Lipinski definition) is 4. The number of amides is 2. The molecule has 1 aromatic heterocycles. The Morgan fingerprint density at radius 2 is 2.04 bits per heavy atom. The first-order chi connectivity index (χ1) is 12.2. The van der Waals surface area contributed by atoms with Crippen molar-refractivity contribution < 1.29 is 29.3 Å². The van der Waals surface area contributed by atoms with Crippen LogP contribution in [-0.2, 0) is 14.3 Å². The number of aromatic amines is 1. The minimum absolute atomic E-state index is 0.0664. The van der Waals surface area contributed by atoms with Crippen LogP contribution in [0, 0.1) is 5.92 Å². The fourth-order valence-corrected chi connectivity index (χ4v) is 2.30. The van der Waals surface area contributed by atoms with Crippen molar-refractivity contribution in [2.75, 3.05) is 19.7 Å². The fourth-order valence-electron chi connectivity index (χ4n) is 2.30. The SMILES string of the molecule is CCOC(=O)C(O)CN(CC(C)C)C(=O)NC(CC(=O)O)c1ncc[nH]1. The molecule has 1 aromatic rings. The van der Waals surface area contributed by atoms with Crippen molar-refractivity contribution in [3.63, 3.8) is 0 Å². The highest BCUT2D eigenvalue weighted by atomic mass is 16.5. The molecule has 0 aliphatic rings. The van der Waals surface area contributed by atoms with Crippen LogP contribution >= 0.6 is 0 Å². The van der Waals surface area contributed by atoms with Crippen molar-refractivity contribution in [1.82, 2.24) is 20.2 Å². The fraction of sp³-hybridized carbons (Fsp3) is 0.625. The largest absolute Gasteiger partial charge is 0.481 e. The lowest BCUT2D eigenvalue weighted by Crippen LogP contribution is -2.48. The third-order valence-corrected chi connectivity index (χ3v) is 3.35. The number of hydrogen-bond acceptors (Lipinski definition) is 6. The average Bonchev–Trinajstić information content (AvgIpc) is 3.07. The Balaban J connectivity index is 2.85. The number of nitrogens with one attached hydrogen (secondary N) is 2. The number of aliphatic hydroxyl groups excluding tert-OH is 1. The molecule has 10 nitrogen and oxygen atoms in total. The molecule has 2 amide bonds. The summed E-state index contributed by atoms with van der Waals surface area (Å²) in [5.74, 6) is -1.55. The molecule has 0 aliphatic carbocycles. The Kier molecular flexibility index (Phi) is 8.56. The van der Waals surface area contributed by atoms with Gasteiger partial charge in [-0.05, 0) is 12.8 Å². The van der Waals surface area contributed by atoms with Gasteiger partial charge in [0.1, 0.15) is 5.82 Å². The third-order valence-electron chi connectivity index (χ3n) is 3.35. The highest BCUT2D eigenvalue weighted by molar-refractivity contribution is 5.78. The van der Waals surface area contributed by atoms with Crippen LogP contribution in [0.15, 0.2) is 12.4 Å². The zero-order chi connectivity index (χ0) is 19.7. The standard InChI is InChI=1S/C16H26N4O6/c1-4-26-15(24)12(21)9-20(8-10(2)3)16(25)19-11(7-13(22)23)14-17-5-6-18-14/h5-6,10-12,21H,4,7-9H2,1-3H3,(H,17,18)(H,19,25)(H,22,23). The van der Waals surface area contributed by atoms with Crippen molar-refractivity contribution in [1.29, 1.82) is 0 Å². The van der Waals surface area contributed by atoms with Crippen molar-refractivity contribution in [2.24, 2.45) is 5.92 Å². The van der Waals surface area contributed by atoms with E-state index in [0.29, 0.717) is 5.82 Å². The van der Waals surface area contributed by atoms with Gasteiger partial charge in [-0.25, -0.2) is 14.6 Å². The van der Waals surface area contributed by atoms with Crippen LogP contribution < -0.4 is 5.32 Å². The van der Waals surface area contributed by atoms with E-state index in [-0.39, 0.29) is 32.0 Å². The van der Waals surface area contributed by atoms with E-state index in [1.807, 2.05) is 13.8 Å². The maximum Gasteiger partial charge on any atom is 0.336 e. The molecule has 10 heteroatoms. The number of carbonyl (C=O) groups excluding carboxylic acids is 2. The molecule has 0 aliphatic heterocycles. The first-order valence-corrected chi connectivity index (χ1v) is 8.35. The van der Waals surface area contributed by atoms with Gasteiger partial charge >= 0.3 is 18.0 Å². The van der Waals surface area contributed by atoms with Crippen LogP contribution in [0.5, 0.6) is 0 Å². The maximum absolute atomic E-state index is 12.6. The van der Waals surface area contributed by atoms with Gasteiger partial charge in [0, 0.05) is 18.9 Å². The van der Waals surface area contributed by atoms with Gasteiger partial charge in [-0.15, -0.1) is 0 Å². The summed E-state index contributed by atoms with van der Waals surface area (Å²) in [6.45, 7) is 5.48. The number of carbonyl (C=O) groups is 3. The van der Waals surface area contributed by atoms with Gasteiger partial charge in [-0.3, -0.25) is 4.79 Å². The molecule has 2 atom stereocenters. The molecule has 146 valence electrons. The number of rotatable bonds is 10. The lowest BCUT2D eigenvalue weighted by Gasteiger charge is -2.28. The van der Waals surface area contributed by atoms with E-state index in [4.69, 9.17) is 9.84 Å². The normalized spacial score (nSPS) is 13.1. The number of imidazole rings is 1. The molecule has 0 spiro atoms.